The van der Waals surface area contributed by atoms with Crippen molar-refractivity contribution in [3.8, 4) is 11.5 Å². The van der Waals surface area contributed by atoms with Crippen LogP contribution in [0.4, 0.5) is 0 Å². The maximum atomic E-state index is 5.67. The summed E-state index contributed by atoms with van der Waals surface area (Å²) in [5, 5.41) is 7.64. The topological polar surface area (TPSA) is 67.8 Å². The summed E-state index contributed by atoms with van der Waals surface area (Å²) in [7, 11) is 3.40. The molecule has 25 heavy (non-hydrogen) atoms. The number of halogens is 1. The molecule has 0 aliphatic carbocycles. The SMILES string of the molecule is CN=C(NCCOc1ccc(OC)cc1)NCCc1ncc(C)s1.I. The Kier molecular flexibility index (Phi) is 10.2. The minimum atomic E-state index is 0. The quantitative estimate of drug-likeness (QED) is 0.266. The van der Waals surface area contributed by atoms with Gasteiger partial charge in [0.05, 0.1) is 18.7 Å². The number of thiazole rings is 1. The highest BCUT2D eigenvalue weighted by molar-refractivity contribution is 14.0. The normalized spacial score (nSPS) is 10.8. The molecule has 2 rings (SSSR count). The molecule has 8 heteroatoms. The van der Waals surface area contributed by atoms with E-state index in [0.29, 0.717) is 13.2 Å². The molecular weight excluding hydrogens is 451 g/mol. The van der Waals surface area contributed by atoms with Gasteiger partial charge in [-0.15, -0.1) is 35.3 Å². The molecule has 0 fully saturated rings. The average Bonchev–Trinajstić information content (AvgIpc) is 3.02. The first kappa shape index (κ1) is 21.5. The Morgan fingerprint density at radius 2 is 1.84 bits per heavy atom. The lowest BCUT2D eigenvalue weighted by molar-refractivity contribution is 0.321. The van der Waals surface area contributed by atoms with E-state index >= 15 is 0 Å². The monoisotopic (exact) mass is 476 g/mol. The Bertz CT molecular complexity index is 646. The van der Waals surface area contributed by atoms with Crippen LogP contribution in [0.1, 0.15) is 9.88 Å². The molecule has 2 N–H and O–H groups in total. The van der Waals surface area contributed by atoms with E-state index in [0.717, 1.165) is 35.4 Å². The molecule has 0 unspecified atom stereocenters. The number of nitrogens with one attached hydrogen (secondary N) is 2. The lowest BCUT2D eigenvalue weighted by Crippen LogP contribution is -2.40. The van der Waals surface area contributed by atoms with Gasteiger partial charge in [0, 0.05) is 31.1 Å². The van der Waals surface area contributed by atoms with Crippen LogP contribution in [0.2, 0.25) is 0 Å². The lowest BCUT2D eigenvalue weighted by atomic mass is 10.3. The molecule has 0 aliphatic heterocycles. The third kappa shape index (κ3) is 7.91. The van der Waals surface area contributed by atoms with E-state index < -0.39 is 0 Å². The fraction of sp³-hybridized carbons (Fsp3) is 0.412. The highest BCUT2D eigenvalue weighted by atomic mass is 127. The van der Waals surface area contributed by atoms with Gasteiger partial charge in [-0.2, -0.15) is 0 Å². The van der Waals surface area contributed by atoms with Crippen molar-refractivity contribution in [1.29, 1.82) is 0 Å². The standard InChI is InChI=1S/C17H24N4O2S.HI/c1-13-12-21-16(24-13)8-9-19-17(18-2)20-10-11-23-15-6-4-14(22-3)5-7-15;/h4-7,12H,8-11H2,1-3H3,(H2,18,19,20);1H. The van der Waals surface area contributed by atoms with Crippen molar-refractivity contribution in [1.82, 2.24) is 15.6 Å². The smallest absolute Gasteiger partial charge is 0.191 e. The number of aryl methyl sites for hydroxylation is 1. The summed E-state index contributed by atoms with van der Waals surface area (Å²) in [4.78, 5) is 9.79. The molecule has 1 heterocycles. The van der Waals surface area contributed by atoms with Crippen LogP contribution in [0.15, 0.2) is 35.5 Å². The Labute approximate surface area is 170 Å². The zero-order valence-electron chi connectivity index (χ0n) is 14.7. The minimum Gasteiger partial charge on any atom is -0.497 e. The van der Waals surface area contributed by atoms with Crippen LogP contribution in [0.3, 0.4) is 0 Å². The predicted octanol–water partition coefficient (Wildman–Crippen LogP) is 2.86. The van der Waals surface area contributed by atoms with Gasteiger partial charge in [-0.05, 0) is 31.2 Å². The molecule has 0 saturated carbocycles. The molecule has 0 spiro atoms. The zero-order chi connectivity index (χ0) is 17.2. The van der Waals surface area contributed by atoms with E-state index in [1.165, 1.54) is 4.88 Å². The number of benzene rings is 1. The van der Waals surface area contributed by atoms with Gasteiger partial charge >= 0.3 is 0 Å². The van der Waals surface area contributed by atoms with Crippen molar-refractivity contribution < 1.29 is 9.47 Å². The molecule has 1 aromatic carbocycles. The summed E-state index contributed by atoms with van der Waals surface area (Å²) in [6.45, 7) is 4.09. The largest absolute Gasteiger partial charge is 0.497 e. The van der Waals surface area contributed by atoms with Crippen molar-refractivity contribution >= 4 is 41.3 Å². The van der Waals surface area contributed by atoms with Gasteiger partial charge in [0.2, 0.25) is 0 Å². The van der Waals surface area contributed by atoms with Crippen LogP contribution >= 0.6 is 35.3 Å². The molecule has 1 aromatic heterocycles. The second kappa shape index (κ2) is 11.9. The van der Waals surface area contributed by atoms with Crippen molar-refractivity contribution in [3.63, 3.8) is 0 Å². The summed E-state index contributed by atoms with van der Waals surface area (Å²) >= 11 is 1.73. The first-order valence-electron chi connectivity index (χ1n) is 7.84. The lowest BCUT2D eigenvalue weighted by Gasteiger charge is -2.12. The fourth-order valence-corrected chi connectivity index (χ4v) is 2.82. The van der Waals surface area contributed by atoms with Gasteiger partial charge in [0.1, 0.15) is 18.1 Å². The number of hydrogen-bond acceptors (Lipinski definition) is 5. The van der Waals surface area contributed by atoms with Crippen LogP contribution in [-0.4, -0.2) is 44.8 Å². The molecule has 0 radical (unpaired) electrons. The number of rotatable bonds is 8. The van der Waals surface area contributed by atoms with Crippen LogP contribution in [0, 0.1) is 6.92 Å². The van der Waals surface area contributed by atoms with Gasteiger partial charge in [-0.3, -0.25) is 4.99 Å². The first-order chi connectivity index (χ1) is 11.7. The van der Waals surface area contributed by atoms with Gasteiger partial charge in [-0.1, -0.05) is 0 Å². The Morgan fingerprint density at radius 1 is 1.16 bits per heavy atom. The first-order valence-corrected chi connectivity index (χ1v) is 8.65. The maximum Gasteiger partial charge on any atom is 0.191 e. The van der Waals surface area contributed by atoms with E-state index in [-0.39, 0.29) is 24.0 Å². The minimum absolute atomic E-state index is 0. The molecular formula is C17H25IN4O2S. The highest BCUT2D eigenvalue weighted by Crippen LogP contribution is 2.16. The summed E-state index contributed by atoms with van der Waals surface area (Å²) in [5.74, 6) is 2.40. The number of nitrogens with zero attached hydrogens (tertiary/aromatic N) is 2. The third-order valence-corrected chi connectivity index (χ3v) is 4.22. The van der Waals surface area contributed by atoms with Gasteiger partial charge < -0.3 is 20.1 Å². The van der Waals surface area contributed by atoms with Gasteiger partial charge in [-0.25, -0.2) is 4.98 Å². The van der Waals surface area contributed by atoms with Crippen LogP contribution < -0.4 is 20.1 Å². The second-order valence-electron chi connectivity index (χ2n) is 5.06. The Balaban J connectivity index is 0.00000312. The molecule has 0 bridgehead atoms. The molecule has 2 aromatic rings. The number of ether oxygens (including phenoxy) is 2. The molecule has 138 valence electrons. The van der Waals surface area contributed by atoms with Crippen LogP contribution in [0.5, 0.6) is 11.5 Å². The Hall–Kier alpha value is -1.55. The summed E-state index contributed by atoms with van der Waals surface area (Å²) in [6.07, 6.45) is 2.80. The summed E-state index contributed by atoms with van der Waals surface area (Å²) < 4.78 is 10.8. The molecule has 0 saturated heterocycles. The second-order valence-corrected chi connectivity index (χ2v) is 6.38. The number of guanidine groups is 1. The number of hydrogen-bond donors (Lipinski definition) is 2. The highest BCUT2D eigenvalue weighted by Gasteiger charge is 2.01. The van der Waals surface area contributed by atoms with E-state index in [4.69, 9.17) is 9.47 Å². The van der Waals surface area contributed by atoms with Crippen molar-refractivity contribution in [2.75, 3.05) is 33.9 Å². The number of aliphatic imine (C=N–C) groups is 1. The molecule has 0 amide bonds. The summed E-state index contributed by atoms with van der Waals surface area (Å²) in [5.41, 5.74) is 0. The van der Waals surface area contributed by atoms with Crippen molar-refractivity contribution in [3.05, 3.63) is 40.3 Å². The number of aromatic nitrogens is 1. The Morgan fingerprint density at radius 3 is 2.44 bits per heavy atom. The summed E-state index contributed by atoms with van der Waals surface area (Å²) in [6, 6.07) is 7.54. The maximum absolute atomic E-state index is 5.67. The number of methoxy groups -OCH3 is 1. The van der Waals surface area contributed by atoms with Crippen molar-refractivity contribution in [2.24, 2.45) is 4.99 Å². The third-order valence-electron chi connectivity index (χ3n) is 3.25. The van der Waals surface area contributed by atoms with E-state index in [1.807, 2.05) is 30.5 Å². The van der Waals surface area contributed by atoms with Crippen LogP contribution in [0.25, 0.3) is 0 Å². The van der Waals surface area contributed by atoms with Crippen LogP contribution in [-0.2, 0) is 6.42 Å². The van der Waals surface area contributed by atoms with Gasteiger partial charge in [0.25, 0.3) is 0 Å². The van der Waals surface area contributed by atoms with E-state index in [9.17, 15) is 0 Å². The molecule has 0 atom stereocenters. The fourth-order valence-electron chi connectivity index (χ4n) is 2.04. The average molecular weight is 476 g/mol. The van der Waals surface area contributed by atoms with E-state index in [2.05, 4.69) is 27.5 Å². The zero-order valence-corrected chi connectivity index (χ0v) is 17.9. The molecule has 0 aliphatic rings. The van der Waals surface area contributed by atoms with Crippen molar-refractivity contribution in [2.45, 2.75) is 13.3 Å². The predicted molar refractivity (Wildman–Crippen MR) is 114 cm³/mol. The molecule has 6 nitrogen and oxygen atoms in total. The van der Waals surface area contributed by atoms with E-state index in [1.54, 1.807) is 25.5 Å². The van der Waals surface area contributed by atoms with Gasteiger partial charge in [0.15, 0.2) is 5.96 Å².